The topological polar surface area (TPSA) is 52.7 Å². The van der Waals surface area contributed by atoms with Crippen molar-refractivity contribution in [1.82, 2.24) is 15.1 Å². The van der Waals surface area contributed by atoms with Crippen LogP contribution in [-0.2, 0) is 11.0 Å². The summed E-state index contributed by atoms with van der Waals surface area (Å²) in [5, 5.41) is 2.80. The van der Waals surface area contributed by atoms with Crippen LogP contribution in [0.15, 0.2) is 24.3 Å². The molecule has 2 amide bonds. The number of rotatable bonds is 4. The van der Waals surface area contributed by atoms with E-state index < -0.39 is 17.6 Å². The number of piperazine rings is 1. The van der Waals surface area contributed by atoms with Crippen LogP contribution in [0.4, 0.5) is 13.2 Å². The van der Waals surface area contributed by atoms with E-state index in [1.54, 1.807) is 0 Å². The van der Waals surface area contributed by atoms with Gasteiger partial charge >= 0.3 is 6.18 Å². The quantitative estimate of drug-likeness (QED) is 0.897. The summed E-state index contributed by atoms with van der Waals surface area (Å²) >= 11 is 0. The molecule has 1 fully saturated rings. The maximum atomic E-state index is 12.8. The predicted molar refractivity (Wildman–Crippen MR) is 87.1 cm³/mol. The molecule has 2 rings (SSSR count). The summed E-state index contributed by atoms with van der Waals surface area (Å²) < 4.78 is 38.3. The second-order valence-corrected chi connectivity index (χ2v) is 6.37. The van der Waals surface area contributed by atoms with Gasteiger partial charge in [0.05, 0.1) is 12.1 Å². The number of hydrogen-bond donors (Lipinski definition) is 1. The summed E-state index contributed by atoms with van der Waals surface area (Å²) in [6, 6.07) is 4.52. The Labute approximate surface area is 144 Å². The average molecular weight is 357 g/mol. The standard InChI is InChI=1S/C17H22F3N3O2/c1-12(2)21-15(24)11-22-6-8-23(9-7-22)16(25)13-4-3-5-14(10-13)17(18,19)20/h3-5,10,12H,6-9,11H2,1-2H3,(H,21,24). The van der Waals surface area contributed by atoms with Crippen molar-refractivity contribution in [2.75, 3.05) is 32.7 Å². The van der Waals surface area contributed by atoms with Gasteiger partial charge in [-0.3, -0.25) is 14.5 Å². The first kappa shape index (κ1) is 19.2. The van der Waals surface area contributed by atoms with Crippen molar-refractivity contribution in [3.63, 3.8) is 0 Å². The van der Waals surface area contributed by atoms with E-state index in [0.717, 1.165) is 12.1 Å². The molecule has 5 nitrogen and oxygen atoms in total. The van der Waals surface area contributed by atoms with Crippen LogP contribution in [0.25, 0.3) is 0 Å². The third-order valence-electron chi connectivity index (χ3n) is 3.91. The van der Waals surface area contributed by atoms with Crippen LogP contribution in [0.1, 0.15) is 29.8 Å². The maximum absolute atomic E-state index is 12.8. The van der Waals surface area contributed by atoms with Gasteiger partial charge in [-0.2, -0.15) is 13.2 Å². The third kappa shape index (κ3) is 5.45. The van der Waals surface area contributed by atoms with Crippen LogP contribution in [0, 0.1) is 0 Å². The Hall–Kier alpha value is -2.09. The first-order valence-corrected chi connectivity index (χ1v) is 8.15. The highest BCUT2D eigenvalue weighted by atomic mass is 19.4. The van der Waals surface area contributed by atoms with Crippen molar-refractivity contribution in [1.29, 1.82) is 0 Å². The van der Waals surface area contributed by atoms with Crippen molar-refractivity contribution in [3.05, 3.63) is 35.4 Å². The summed E-state index contributed by atoms with van der Waals surface area (Å²) in [7, 11) is 0. The first-order valence-electron chi connectivity index (χ1n) is 8.15. The van der Waals surface area contributed by atoms with Gasteiger partial charge in [-0.05, 0) is 32.0 Å². The fraction of sp³-hybridized carbons (Fsp3) is 0.529. The molecule has 0 spiro atoms. The molecule has 1 N–H and O–H groups in total. The molecule has 1 aliphatic rings. The molecule has 138 valence electrons. The predicted octanol–water partition coefficient (Wildman–Crippen LogP) is 1.99. The molecule has 0 radical (unpaired) electrons. The van der Waals surface area contributed by atoms with Crippen LogP contribution in [0.2, 0.25) is 0 Å². The van der Waals surface area contributed by atoms with Gasteiger partial charge in [0.1, 0.15) is 0 Å². The molecular weight excluding hydrogens is 335 g/mol. The van der Waals surface area contributed by atoms with E-state index in [4.69, 9.17) is 0 Å². The minimum Gasteiger partial charge on any atom is -0.353 e. The molecule has 1 aromatic carbocycles. The second kappa shape index (κ2) is 7.86. The van der Waals surface area contributed by atoms with Crippen LogP contribution in [-0.4, -0.2) is 60.4 Å². The first-order chi connectivity index (χ1) is 11.7. The van der Waals surface area contributed by atoms with E-state index >= 15 is 0 Å². The van der Waals surface area contributed by atoms with E-state index in [2.05, 4.69) is 5.32 Å². The fourth-order valence-corrected chi connectivity index (χ4v) is 2.69. The number of halogens is 3. The zero-order valence-corrected chi connectivity index (χ0v) is 14.3. The third-order valence-corrected chi connectivity index (χ3v) is 3.91. The van der Waals surface area contributed by atoms with Crippen LogP contribution < -0.4 is 5.32 Å². The minimum atomic E-state index is -4.47. The molecule has 0 unspecified atom stereocenters. The van der Waals surface area contributed by atoms with Gasteiger partial charge in [0.25, 0.3) is 5.91 Å². The van der Waals surface area contributed by atoms with Crippen LogP contribution >= 0.6 is 0 Å². The lowest BCUT2D eigenvalue weighted by Crippen LogP contribution is -2.51. The number of carbonyl (C=O) groups is 2. The molecule has 1 saturated heterocycles. The SMILES string of the molecule is CC(C)NC(=O)CN1CCN(C(=O)c2cccc(C(F)(F)F)c2)CC1. The summed E-state index contributed by atoms with van der Waals surface area (Å²) in [6.07, 6.45) is -4.47. The second-order valence-electron chi connectivity index (χ2n) is 6.37. The van der Waals surface area contributed by atoms with E-state index in [-0.39, 0.29) is 24.1 Å². The molecule has 0 bridgehead atoms. The Bertz CT molecular complexity index is 624. The van der Waals surface area contributed by atoms with Gasteiger partial charge in [0.2, 0.25) is 5.91 Å². The zero-order chi connectivity index (χ0) is 18.6. The van der Waals surface area contributed by atoms with Crippen molar-refractivity contribution in [3.8, 4) is 0 Å². The van der Waals surface area contributed by atoms with Crippen LogP contribution in [0.3, 0.4) is 0 Å². The maximum Gasteiger partial charge on any atom is 0.416 e. The lowest BCUT2D eigenvalue weighted by molar-refractivity contribution is -0.137. The number of amides is 2. The van der Waals surface area contributed by atoms with Crippen molar-refractivity contribution < 1.29 is 22.8 Å². The van der Waals surface area contributed by atoms with Gasteiger partial charge in [0.15, 0.2) is 0 Å². The normalized spacial score (nSPS) is 16.2. The molecule has 0 atom stereocenters. The number of carbonyl (C=O) groups excluding carboxylic acids is 2. The van der Waals surface area contributed by atoms with Gasteiger partial charge in [-0.1, -0.05) is 6.07 Å². The summed E-state index contributed by atoms with van der Waals surface area (Å²) in [5.41, 5.74) is -0.803. The largest absolute Gasteiger partial charge is 0.416 e. The highest BCUT2D eigenvalue weighted by molar-refractivity contribution is 5.94. The number of alkyl halides is 3. The Morgan fingerprint density at radius 3 is 2.36 bits per heavy atom. The lowest BCUT2D eigenvalue weighted by Gasteiger charge is -2.34. The molecule has 1 heterocycles. The smallest absolute Gasteiger partial charge is 0.353 e. The zero-order valence-electron chi connectivity index (χ0n) is 14.3. The van der Waals surface area contributed by atoms with Gasteiger partial charge in [-0.25, -0.2) is 0 Å². The molecule has 1 aliphatic heterocycles. The summed E-state index contributed by atoms with van der Waals surface area (Å²) in [6.45, 7) is 5.79. The monoisotopic (exact) mass is 357 g/mol. The molecule has 8 heteroatoms. The van der Waals surface area contributed by atoms with Gasteiger partial charge in [-0.15, -0.1) is 0 Å². The highest BCUT2D eigenvalue weighted by Gasteiger charge is 2.31. The molecule has 1 aromatic rings. The van der Waals surface area contributed by atoms with Crippen molar-refractivity contribution in [2.45, 2.75) is 26.1 Å². The van der Waals surface area contributed by atoms with Gasteiger partial charge < -0.3 is 10.2 Å². The number of nitrogens with zero attached hydrogens (tertiary/aromatic N) is 2. The summed E-state index contributed by atoms with van der Waals surface area (Å²) in [4.78, 5) is 27.6. The fourth-order valence-electron chi connectivity index (χ4n) is 2.69. The summed E-state index contributed by atoms with van der Waals surface area (Å²) in [5.74, 6) is -0.495. The Morgan fingerprint density at radius 2 is 1.80 bits per heavy atom. The van der Waals surface area contributed by atoms with E-state index in [0.29, 0.717) is 26.2 Å². The molecule has 0 aromatic heterocycles. The average Bonchev–Trinajstić information content (AvgIpc) is 2.53. The van der Waals surface area contributed by atoms with E-state index in [1.807, 2.05) is 18.7 Å². The number of benzene rings is 1. The molecule has 0 saturated carbocycles. The molecule has 25 heavy (non-hydrogen) atoms. The molecular formula is C17H22F3N3O2. The van der Waals surface area contributed by atoms with E-state index in [1.165, 1.54) is 17.0 Å². The lowest BCUT2D eigenvalue weighted by atomic mass is 10.1. The Morgan fingerprint density at radius 1 is 1.16 bits per heavy atom. The minimum absolute atomic E-state index is 0.0285. The van der Waals surface area contributed by atoms with E-state index in [9.17, 15) is 22.8 Å². The molecule has 0 aliphatic carbocycles. The number of nitrogens with one attached hydrogen (secondary N) is 1. The van der Waals surface area contributed by atoms with Crippen LogP contribution in [0.5, 0.6) is 0 Å². The Balaban J connectivity index is 1.92. The van der Waals surface area contributed by atoms with Crippen molar-refractivity contribution >= 4 is 11.8 Å². The van der Waals surface area contributed by atoms with Crippen molar-refractivity contribution in [2.24, 2.45) is 0 Å². The highest BCUT2D eigenvalue weighted by Crippen LogP contribution is 2.29. The Kier molecular flexibility index (Phi) is 6.05. The number of hydrogen-bond acceptors (Lipinski definition) is 3. The van der Waals surface area contributed by atoms with Gasteiger partial charge in [0, 0.05) is 37.8 Å².